The third-order valence-electron chi connectivity index (χ3n) is 5.26. The summed E-state index contributed by atoms with van der Waals surface area (Å²) in [6.45, 7) is 2.44. The molecule has 0 saturated heterocycles. The molecule has 0 radical (unpaired) electrons. The minimum absolute atomic E-state index is 0.190. The molecular weight excluding hydrogens is 402 g/mol. The summed E-state index contributed by atoms with van der Waals surface area (Å²) in [5.41, 5.74) is 6.00. The number of amides is 1. The number of rotatable bonds is 6. The smallest absolute Gasteiger partial charge is 0.255 e. The fourth-order valence-electron chi connectivity index (χ4n) is 3.66. The second-order valence-electron chi connectivity index (χ2n) is 7.27. The van der Waals surface area contributed by atoms with E-state index in [9.17, 15) is 4.79 Å². The summed E-state index contributed by atoms with van der Waals surface area (Å²) in [4.78, 5) is 20.5. The number of pyridine rings is 1. The van der Waals surface area contributed by atoms with E-state index in [4.69, 9.17) is 4.74 Å². The van der Waals surface area contributed by atoms with Crippen molar-refractivity contribution in [3.05, 3.63) is 84.9 Å². The van der Waals surface area contributed by atoms with Crippen molar-refractivity contribution in [2.75, 3.05) is 11.9 Å². The SMILES string of the molecule is CCOc1ccccc1NC(=O)c1ccc(-c2cnc3[nH]cc(-c4cn[nH]c4)c3c2)cc1. The minimum atomic E-state index is -0.190. The van der Waals surface area contributed by atoms with Crippen LogP contribution in [0.1, 0.15) is 17.3 Å². The van der Waals surface area contributed by atoms with Gasteiger partial charge in [-0.3, -0.25) is 9.89 Å². The van der Waals surface area contributed by atoms with Crippen LogP contribution in [0.3, 0.4) is 0 Å². The number of hydrogen-bond acceptors (Lipinski definition) is 4. The van der Waals surface area contributed by atoms with Gasteiger partial charge in [-0.05, 0) is 42.8 Å². The quantitative estimate of drug-likeness (QED) is 0.347. The van der Waals surface area contributed by atoms with Gasteiger partial charge in [0.1, 0.15) is 11.4 Å². The first-order valence-corrected chi connectivity index (χ1v) is 10.3. The predicted molar refractivity (Wildman–Crippen MR) is 125 cm³/mol. The van der Waals surface area contributed by atoms with E-state index in [2.05, 4.69) is 31.5 Å². The van der Waals surface area contributed by atoms with E-state index in [0.717, 1.165) is 33.3 Å². The number of nitrogens with zero attached hydrogens (tertiary/aromatic N) is 2. The van der Waals surface area contributed by atoms with Gasteiger partial charge >= 0.3 is 0 Å². The lowest BCUT2D eigenvalue weighted by Gasteiger charge is -2.11. The van der Waals surface area contributed by atoms with Crippen LogP contribution in [0, 0.1) is 0 Å². The molecule has 3 N–H and O–H groups in total. The summed E-state index contributed by atoms with van der Waals surface area (Å²) in [5, 5.41) is 10.8. The molecule has 2 aromatic carbocycles. The number of hydrogen-bond donors (Lipinski definition) is 3. The lowest BCUT2D eigenvalue weighted by molar-refractivity contribution is 0.102. The van der Waals surface area contributed by atoms with Crippen LogP contribution in [0.4, 0.5) is 5.69 Å². The van der Waals surface area contributed by atoms with Gasteiger partial charge in [-0.2, -0.15) is 5.10 Å². The summed E-state index contributed by atoms with van der Waals surface area (Å²) in [7, 11) is 0. The van der Waals surface area contributed by atoms with Gasteiger partial charge in [-0.1, -0.05) is 24.3 Å². The first-order chi connectivity index (χ1) is 15.7. The number of fused-ring (bicyclic) bond motifs is 1. The van der Waals surface area contributed by atoms with Crippen LogP contribution in [0.2, 0.25) is 0 Å². The first-order valence-electron chi connectivity index (χ1n) is 10.3. The van der Waals surface area contributed by atoms with Crippen molar-refractivity contribution < 1.29 is 9.53 Å². The maximum absolute atomic E-state index is 12.7. The fourth-order valence-corrected chi connectivity index (χ4v) is 3.66. The highest BCUT2D eigenvalue weighted by Gasteiger charge is 2.12. The van der Waals surface area contributed by atoms with Gasteiger partial charge in [0, 0.05) is 46.2 Å². The number of para-hydroxylation sites is 2. The van der Waals surface area contributed by atoms with E-state index in [1.807, 2.05) is 74.0 Å². The highest BCUT2D eigenvalue weighted by atomic mass is 16.5. The Kier molecular flexibility index (Phi) is 5.13. The molecule has 158 valence electrons. The standard InChI is InChI=1S/C25H21N5O2/c1-2-32-23-6-4-3-5-22(23)30-25(31)17-9-7-16(8-10-17)18-11-20-21(19-13-28-29-14-19)15-27-24(20)26-12-18/h3-15H,2H2,1H3,(H,26,27)(H,28,29)(H,30,31). The maximum Gasteiger partial charge on any atom is 0.255 e. The molecule has 0 aliphatic heterocycles. The van der Waals surface area contributed by atoms with Gasteiger partial charge in [0.15, 0.2) is 0 Å². The molecule has 32 heavy (non-hydrogen) atoms. The lowest BCUT2D eigenvalue weighted by Crippen LogP contribution is -2.12. The van der Waals surface area contributed by atoms with Crippen LogP contribution in [-0.2, 0) is 0 Å². The van der Waals surface area contributed by atoms with Gasteiger partial charge in [0.25, 0.3) is 5.91 Å². The molecule has 5 rings (SSSR count). The van der Waals surface area contributed by atoms with Crippen LogP contribution >= 0.6 is 0 Å². The summed E-state index contributed by atoms with van der Waals surface area (Å²) < 4.78 is 5.59. The molecule has 3 aromatic heterocycles. The Balaban J connectivity index is 1.39. The zero-order chi connectivity index (χ0) is 21.9. The van der Waals surface area contributed by atoms with Crippen molar-refractivity contribution in [1.29, 1.82) is 0 Å². The zero-order valence-corrected chi connectivity index (χ0v) is 17.4. The van der Waals surface area contributed by atoms with Crippen molar-refractivity contribution in [2.24, 2.45) is 0 Å². The molecule has 7 nitrogen and oxygen atoms in total. The molecular formula is C25H21N5O2. The number of benzene rings is 2. The molecule has 0 aliphatic rings. The predicted octanol–water partition coefficient (Wildman–Crippen LogP) is 5.27. The molecule has 0 unspecified atom stereocenters. The van der Waals surface area contributed by atoms with Gasteiger partial charge in [0.2, 0.25) is 0 Å². The number of aromatic nitrogens is 4. The summed E-state index contributed by atoms with van der Waals surface area (Å²) in [6.07, 6.45) is 7.39. The van der Waals surface area contributed by atoms with E-state index >= 15 is 0 Å². The van der Waals surface area contributed by atoms with Gasteiger partial charge in [0.05, 0.1) is 18.5 Å². The number of ether oxygens (including phenoxy) is 1. The molecule has 1 amide bonds. The van der Waals surface area contributed by atoms with Crippen molar-refractivity contribution in [2.45, 2.75) is 6.92 Å². The number of nitrogens with one attached hydrogen (secondary N) is 3. The van der Waals surface area contributed by atoms with Crippen LogP contribution in [0.15, 0.2) is 79.4 Å². The number of anilines is 1. The number of aromatic amines is 2. The van der Waals surface area contributed by atoms with E-state index in [-0.39, 0.29) is 5.91 Å². The second-order valence-corrected chi connectivity index (χ2v) is 7.27. The van der Waals surface area contributed by atoms with Gasteiger partial charge in [-0.25, -0.2) is 4.98 Å². The number of carbonyl (C=O) groups excluding carboxylic acids is 1. The number of carbonyl (C=O) groups is 1. The Hall–Kier alpha value is -4.39. The fraction of sp³-hybridized carbons (Fsp3) is 0.0800. The Morgan fingerprint density at radius 2 is 1.84 bits per heavy atom. The van der Waals surface area contributed by atoms with Gasteiger partial charge in [-0.15, -0.1) is 0 Å². The van der Waals surface area contributed by atoms with Crippen molar-refractivity contribution >= 4 is 22.6 Å². The average Bonchev–Trinajstić information content (AvgIpc) is 3.50. The lowest BCUT2D eigenvalue weighted by atomic mass is 10.0. The monoisotopic (exact) mass is 423 g/mol. The van der Waals surface area contributed by atoms with Crippen molar-refractivity contribution in [3.63, 3.8) is 0 Å². The van der Waals surface area contributed by atoms with Crippen molar-refractivity contribution in [1.82, 2.24) is 20.2 Å². The van der Waals surface area contributed by atoms with Crippen LogP contribution in [0.5, 0.6) is 5.75 Å². The summed E-state index contributed by atoms with van der Waals surface area (Å²) >= 11 is 0. The molecule has 0 spiro atoms. The zero-order valence-electron chi connectivity index (χ0n) is 17.4. The molecule has 0 fully saturated rings. The molecule has 0 aliphatic carbocycles. The Morgan fingerprint density at radius 3 is 2.62 bits per heavy atom. The van der Waals surface area contributed by atoms with Crippen LogP contribution < -0.4 is 10.1 Å². The summed E-state index contributed by atoms with van der Waals surface area (Å²) in [5.74, 6) is 0.462. The minimum Gasteiger partial charge on any atom is -0.492 e. The average molecular weight is 423 g/mol. The Labute approximate surface area is 184 Å². The molecule has 0 saturated carbocycles. The maximum atomic E-state index is 12.7. The van der Waals surface area contributed by atoms with Crippen molar-refractivity contribution in [3.8, 4) is 28.0 Å². The largest absolute Gasteiger partial charge is 0.492 e. The third kappa shape index (κ3) is 3.72. The van der Waals surface area contributed by atoms with Gasteiger partial charge < -0.3 is 15.0 Å². The normalized spacial score (nSPS) is 10.9. The first kappa shape index (κ1) is 19.6. The second kappa shape index (κ2) is 8.39. The van der Waals surface area contributed by atoms with E-state index in [1.54, 1.807) is 6.20 Å². The Morgan fingerprint density at radius 1 is 1.00 bits per heavy atom. The highest BCUT2D eigenvalue weighted by Crippen LogP contribution is 2.31. The highest BCUT2D eigenvalue weighted by molar-refractivity contribution is 6.05. The topological polar surface area (TPSA) is 95.7 Å². The van der Waals surface area contributed by atoms with E-state index in [1.165, 1.54) is 0 Å². The molecule has 0 atom stereocenters. The third-order valence-corrected chi connectivity index (χ3v) is 5.26. The van der Waals surface area contributed by atoms with Crippen LogP contribution in [0.25, 0.3) is 33.3 Å². The van der Waals surface area contributed by atoms with E-state index < -0.39 is 0 Å². The number of H-pyrrole nitrogens is 2. The summed E-state index contributed by atoms with van der Waals surface area (Å²) in [6, 6.07) is 17.0. The molecule has 0 bridgehead atoms. The van der Waals surface area contributed by atoms with E-state index in [0.29, 0.717) is 23.6 Å². The molecule has 3 heterocycles. The Bertz CT molecular complexity index is 1370. The van der Waals surface area contributed by atoms with Crippen LogP contribution in [-0.4, -0.2) is 32.7 Å². The molecule has 7 heteroatoms. The molecule has 5 aromatic rings.